The number of fused-ring (bicyclic) bond motifs is 4. The smallest absolute Gasteiger partial charge is 0.135 e. The van der Waals surface area contributed by atoms with Crippen molar-refractivity contribution in [2.45, 2.75) is 5.92 Å². The van der Waals surface area contributed by atoms with Gasteiger partial charge in [0.25, 0.3) is 0 Å². The SMILES string of the molecule is c1ccc(-c2ccc(-c3ccc(C(c4cccc(-c5ccc(-c6ccc7oc8ccccc8c7c6)cc5)c4)c4ccc(-c5ccccc5)c5ccccc45)cc3)cc2)cc1. The molecule has 0 amide bonds. The van der Waals surface area contributed by atoms with Gasteiger partial charge in [-0.25, -0.2) is 0 Å². The van der Waals surface area contributed by atoms with Gasteiger partial charge in [-0.3, -0.25) is 0 Å². The average Bonchev–Trinajstić information content (AvgIpc) is 3.71. The van der Waals surface area contributed by atoms with E-state index < -0.39 is 0 Å². The largest absolute Gasteiger partial charge is 0.456 e. The summed E-state index contributed by atoms with van der Waals surface area (Å²) >= 11 is 0. The van der Waals surface area contributed by atoms with Crippen LogP contribution >= 0.6 is 0 Å². The van der Waals surface area contributed by atoms with Crippen LogP contribution in [0.3, 0.4) is 0 Å². The van der Waals surface area contributed by atoms with Crippen molar-refractivity contribution in [2.24, 2.45) is 0 Å². The molecule has 282 valence electrons. The lowest BCUT2D eigenvalue weighted by atomic mass is 9.80. The fourth-order valence-electron chi connectivity index (χ4n) is 9.01. The zero-order valence-corrected chi connectivity index (χ0v) is 33.0. The molecule has 1 heteroatoms. The molecule has 1 aromatic heterocycles. The molecule has 0 bridgehead atoms. The van der Waals surface area contributed by atoms with E-state index in [-0.39, 0.29) is 5.92 Å². The summed E-state index contributed by atoms with van der Waals surface area (Å²) in [6.45, 7) is 0. The molecular formula is C59H40O. The Balaban J connectivity index is 0.979. The van der Waals surface area contributed by atoms with Crippen molar-refractivity contribution in [1.82, 2.24) is 0 Å². The maximum Gasteiger partial charge on any atom is 0.135 e. The molecule has 1 heterocycles. The fraction of sp³-hybridized carbons (Fsp3) is 0.0169. The van der Waals surface area contributed by atoms with Crippen LogP contribution in [0, 0.1) is 0 Å². The van der Waals surface area contributed by atoms with Crippen molar-refractivity contribution < 1.29 is 4.42 Å². The monoisotopic (exact) mass is 764 g/mol. The number of para-hydroxylation sites is 1. The third-order valence-corrected chi connectivity index (χ3v) is 12.1. The van der Waals surface area contributed by atoms with Gasteiger partial charge in [0.1, 0.15) is 11.2 Å². The van der Waals surface area contributed by atoms with Crippen molar-refractivity contribution in [3.05, 3.63) is 253 Å². The quantitative estimate of drug-likeness (QED) is 0.140. The van der Waals surface area contributed by atoms with E-state index in [1.165, 1.54) is 83.1 Å². The summed E-state index contributed by atoms with van der Waals surface area (Å²) in [5.74, 6) is 0.00460. The summed E-state index contributed by atoms with van der Waals surface area (Å²) in [4.78, 5) is 0. The minimum Gasteiger partial charge on any atom is -0.456 e. The Kier molecular flexibility index (Phi) is 8.98. The molecular weight excluding hydrogens is 725 g/mol. The molecule has 0 spiro atoms. The highest BCUT2D eigenvalue weighted by molar-refractivity contribution is 6.06. The van der Waals surface area contributed by atoms with Gasteiger partial charge >= 0.3 is 0 Å². The van der Waals surface area contributed by atoms with Crippen molar-refractivity contribution in [3.8, 4) is 55.6 Å². The Morgan fingerprint density at radius 1 is 0.250 bits per heavy atom. The van der Waals surface area contributed by atoms with Gasteiger partial charge in [0.15, 0.2) is 0 Å². The average molecular weight is 765 g/mol. The number of furan rings is 1. The van der Waals surface area contributed by atoms with Crippen LogP contribution < -0.4 is 0 Å². The first kappa shape index (κ1) is 35.4. The van der Waals surface area contributed by atoms with Crippen LogP contribution in [0.2, 0.25) is 0 Å². The number of rotatable bonds is 8. The van der Waals surface area contributed by atoms with Crippen LogP contribution in [0.4, 0.5) is 0 Å². The Morgan fingerprint density at radius 2 is 0.717 bits per heavy atom. The van der Waals surface area contributed by atoms with E-state index in [0.29, 0.717) is 0 Å². The molecule has 11 aromatic rings. The molecule has 0 N–H and O–H groups in total. The molecule has 10 aromatic carbocycles. The minimum atomic E-state index is 0.00460. The van der Waals surface area contributed by atoms with Crippen molar-refractivity contribution in [3.63, 3.8) is 0 Å². The highest BCUT2D eigenvalue weighted by Crippen LogP contribution is 2.41. The Labute approximate surface area is 350 Å². The second-order valence-corrected chi connectivity index (χ2v) is 15.6. The van der Waals surface area contributed by atoms with Gasteiger partial charge in [0.2, 0.25) is 0 Å². The van der Waals surface area contributed by atoms with Gasteiger partial charge in [0.05, 0.1) is 0 Å². The maximum absolute atomic E-state index is 6.11. The lowest BCUT2D eigenvalue weighted by Crippen LogP contribution is -2.05. The maximum atomic E-state index is 6.11. The molecule has 0 radical (unpaired) electrons. The van der Waals surface area contributed by atoms with Gasteiger partial charge in [-0.1, -0.05) is 218 Å². The second-order valence-electron chi connectivity index (χ2n) is 15.6. The molecule has 60 heavy (non-hydrogen) atoms. The number of hydrogen-bond donors (Lipinski definition) is 0. The number of benzene rings is 10. The van der Waals surface area contributed by atoms with Crippen LogP contribution in [-0.4, -0.2) is 0 Å². The molecule has 1 nitrogen and oxygen atoms in total. The van der Waals surface area contributed by atoms with Gasteiger partial charge in [-0.05, 0) is 101 Å². The standard InChI is InChI=1S/C59H40O/c1-3-12-40(13-4-1)41-22-24-42(25-23-41)43-30-32-47(33-31-43)59(55-36-35-51(46-14-5-2-6-15-46)52-18-7-8-19-53(52)55)50-17-11-16-48(38-50)44-26-28-45(29-27-44)49-34-37-58-56(39-49)54-20-9-10-21-57(54)60-58/h1-39,59H. The van der Waals surface area contributed by atoms with E-state index in [9.17, 15) is 0 Å². The predicted octanol–water partition coefficient (Wildman–Crippen LogP) is 16.3. The Hall–Kier alpha value is -7.74. The number of hydrogen-bond acceptors (Lipinski definition) is 1. The van der Waals surface area contributed by atoms with Crippen LogP contribution in [0.1, 0.15) is 22.6 Å². The van der Waals surface area contributed by atoms with E-state index in [4.69, 9.17) is 4.42 Å². The fourth-order valence-corrected chi connectivity index (χ4v) is 9.01. The van der Waals surface area contributed by atoms with Gasteiger partial charge < -0.3 is 4.42 Å². The third-order valence-electron chi connectivity index (χ3n) is 12.1. The second kappa shape index (κ2) is 15.2. The highest BCUT2D eigenvalue weighted by atomic mass is 16.3. The highest BCUT2D eigenvalue weighted by Gasteiger charge is 2.22. The summed E-state index contributed by atoms with van der Waals surface area (Å²) in [6, 6.07) is 85.9. The summed E-state index contributed by atoms with van der Waals surface area (Å²) in [6.07, 6.45) is 0. The Bertz CT molecular complexity index is 3270. The molecule has 0 saturated heterocycles. The van der Waals surface area contributed by atoms with E-state index in [0.717, 1.165) is 21.9 Å². The van der Waals surface area contributed by atoms with E-state index >= 15 is 0 Å². The van der Waals surface area contributed by atoms with Crippen LogP contribution in [-0.2, 0) is 0 Å². The molecule has 0 fully saturated rings. The zero-order valence-electron chi connectivity index (χ0n) is 33.0. The van der Waals surface area contributed by atoms with Crippen LogP contribution in [0.25, 0.3) is 88.3 Å². The molecule has 0 aliphatic heterocycles. The first-order valence-corrected chi connectivity index (χ1v) is 20.7. The first-order valence-electron chi connectivity index (χ1n) is 20.7. The predicted molar refractivity (Wildman–Crippen MR) is 252 cm³/mol. The normalized spacial score (nSPS) is 11.9. The van der Waals surface area contributed by atoms with Gasteiger partial charge in [-0.15, -0.1) is 0 Å². The van der Waals surface area contributed by atoms with E-state index in [1.807, 2.05) is 12.1 Å². The van der Waals surface area contributed by atoms with E-state index in [2.05, 4.69) is 224 Å². The summed E-state index contributed by atoms with van der Waals surface area (Å²) in [5, 5.41) is 4.81. The van der Waals surface area contributed by atoms with Crippen LogP contribution in [0.15, 0.2) is 241 Å². The topological polar surface area (TPSA) is 13.1 Å². The van der Waals surface area contributed by atoms with Gasteiger partial charge in [-0.2, -0.15) is 0 Å². The van der Waals surface area contributed by atoms with Crippen LogP contribution in [0.5, 0.6) is 0 Å². The Morgan fingerprint density at radius 3 is 1.38 bits per heavy atom. The third kappa shape index (κ3) is 6.57. The lowest BCUT2D eigenvalue weighted by Gasteiger charge is -2.23. The van der Waals surface area contributed by atoms with Crippen molar-refractivity contribution >= 4 is 32.7 Å². The molecule has 0 saturated carbocycles. The first-order chi connectivity index (χ1) is 29.7. The summed E-state index contributed by atoms with van der Waals surface area (Å²) in [7, 11) is 0. The summed E-state index contributed by atoms with van der Waals surface area (Å²) in [5.41, 5.74) is 17.7. The molecule has 0 aliphatic rings. The molecule has 11 rings (SSSR count). The van der Waals surface area contributed by atoms with Gasteiger partial charge in [0, 0.05) is 16.7 Å². The zero-order chi connectivity index (χ0) is 39.8. The molecule has 0 aliphatic carbocycles. The lowest BCUT2D eigenvalue weighted by molar-refractivity contribution is 0.669. The van der Waals surface area contributed by atoms with Crippen molar-refractivity contribution in [1.29, 1.82) is 0 Å². The minimum absolute atomic E-state index is 0.00460. The molecule has 1 atom stereocenters. The van der Waals surface area contributed by atoms with Crippen molar-refractivity contribution in [2.75, 3.05) is 0 Å². The summed E-state index contributed by atoms with van der Waals surface area (Å²) < 4.78 is 6.11. The molecule has 1 unspecified atom stereocenters. The van der Waals surface area contributed by atoms with E-state index in [1.54, 1.807) is 0 Å².